The minimum Gasteiger partial charge on any atom is -0.463 e. The molecule has 0 aliphatic rings. The highest BCUT2D eigenvalue weighted by Gasteiger charge is 2.27. The van der Waals surface area contributed by atoms with Crippen molar-refractivity contribution in [2.24, 2.45) is 0 Å². The van der Waals surface area contributed by atoms with Crippen LogP contribution in [0.1, 0.15) is 12.1 Å². The van der Waals surface area contributed by atoms with Crippen molar-refractivity contribution in [1.82, 2.24) is 20.2 Å². The molecule has 102 valence electrons. The van der Waals surface area contributed by atoms with Crippen molar-refractivity contribution in [1.29, 1.82) is 0 Å². The molecule has 0 bridgehead atoms. The maximum Gasteiger partial charge on any atom is 0.392 e. The van der Waals surface area contributed by atoms with Gasteiger partial charge >= 0.3 is 12.2 Å². The Hall–Kier alpha value is -2.12. The number of H-pyrrole nitrogens is 1. The van der Waals surface area contributed by atoms with Crippen molar-refractivity contribution in [2.45, 2.75) is 19.5 Å². The molecule has 8 heteroatoms. The first-order chi connectivity index (χ1) is 9.33. The molecular weight excluding hydrogens is 261 g/mol. The highest BCUT2D eigenvalue weighted by Crippen LogP contribution is 2.21. The standard InChI is InChI=1S/C11H11F3N4O/c1-7-4-9(8-5-15-16-6-8)18-10(17-7)19-3-2-11(12,13)14/h4-6H,2-3H2,1H3,(H,15,16)/i/hD. The van der Waals surface area contributed by atoms with E-state index in [0.717, 1.165) is 5.09 Å². The topological polar surface area (TPSA) is 63.7 Å². The number of aromatic nitrogens is 4. The van der Waals surface area contributed by atoms with Crippen molar-refractivity contribution in [3.63, 3.8) is 0 Å². The van der Waals surface area contributed by atoms with E-state index in [1.807, 2.05) is 0 Å². The molecule has 2 aromatic rings. The molecule has 0 radical (unpaired) electrons. The molecule has 0 aromatic carbocycles. The summed E-state index contributed by atoms with van der Waals surface area (Å²) in [5, 5.41) is 4.54. The Labute approximate surface area is 108 Å². The lowest BCUT2D eigenvalue weighted by Gasteiger charge is -2.08. The molecule has 0 aliphatic heterocycles. The number of alkyl halides is 3. The van der Waals surface area contributed by atoms with Crippen LogP contribution in [-0.2, 0) is 0 Å². The monoisotopic (exact) mass is 273 g/mol. The number of hydrogen-bond acceptors (Lipinski definition) is 4. The van der Waals surface area contributed by atoms with E-state index in [-0.39, 0.29) is 6.01 Å². The first-order valence-corrected chi connectivity index (χ1v) is 5.43. The summed E-state index contributed by atoms with van der Waals surface area (Å²) in [6.07, 6.45) is -2.50. The van der Waals surface area contributed by atoms with Crippen LogP contribution in [0.25, 0.3) is 11.3 Å². The molecule has 0 amide bonds. The lowest BCUT2D eigenvalue weighted by atomic mass is 10.2. The Bertz CT molecular complexity index is 600. The first kappa shape index (κ1) is 11.9. The molecule has 2 heterocycles. The number of hydrogen-bond donors (Lipinski definition) is 1. The normalized spacial score (nSPS) is 12.3. The smallest absolute Gasteiger partial charge is 0.392 e. The second-order valence-corrected chi connectivity index (χ2v) is 3.84. The van der Waals surface area contributed by atoms with Gasteiger partial charge in [0, 0.05) is 17.5 Å². The van der Waals surface area contributed by atoms with Gasteiger partial charge in [0.1, 0.15) is 6.61 Å². The maximum atomic E-state index is 12.0. The van der Waals surface area contributed by atoms with Crippen LogP contribution in [0.4, 0.5) is 13.2 Å². The largest absolute Gasteiger partial charge is 0.463 e. The summed E-state index contributed by atoms with van der Waals surface area (Å²) in [4.78, 5) is 7.91. The Morgan fingerprint density at radius 3 is 2.84 bits per heavy atom. The summed E-state index contributed by atoms with van der Waals surface area (Å²) >= 11 is 0. The molecule has 5 nitrogen and oxygen atoms in total. The summed E-state index contributed by atoms with van der Waals surface area (Å²) in [5.41, 5.74) is 1.55. The Morgan fingerprint density at radius 1 is 1.42 bits per heavy atom. The van der Waals surface area contributed by atoms with Crippen LogP contribution in [0.2, 0.25) is 1.41 Å². The lowest BCUT2D eigenvalue weighted by molar-refractivity contribution is -0.139. The van der Waals surface area contributed by atoms with Crippen molar-refractivity contribution in [3.8, 4) is 17.3 Å². The third kappa shape index (κ3) is 3.94. The van der Waals surface area contributed by atoms with Crippen LogP contribution in [0.3, 0.4) is 0 Å². The number of nitrogens with one attached hydrogen (secondary N) is 1. The zero-order valence-corrected chi connectivity index (χ0v) is 9.98. The van der Waals surface area contributed by atoms with Crippen LogP contribution >= 0.6 is 0 Å². The van der Waals surface area contributed by atoms with Crippen molar-refractivity contribution in [3.05, 3.63) is 24.2 Å². The van der Waals surface area contributed by atoms with Gasteiger partial charge in [-0.3, -0.25) is 5.09 Å². The van der Waals surface area contributed by atoms with Gasteiger partial charge in [-0.05, 0) is 13.0 Å². The summed E-state index contributed by atoms with van der Waals surface area (Å²) in [6.45, 7) is 1.14. The fourth-order valence-electron chi connectivity index (χ4n) is 1.37. The second kappa shape index (κ2) is 5.25. The molecule has 0 aliphatic carbocycles. The first-order valence-electron chi connectivity index (χ1n) is 5.88. The van der Waals surface area contributed by atoms with Gasteiger partial charge in [-0.25, -0.2) is 4.98 Å². The van der Waals surface area contributed by atoms with E-state index < -0.39 is 19.2 Å². The molecule has 2 rings (SSSR count). The molecule has 0 unspecified atom stereocenters. The number of aryl methyl sites for hydroxylation is 1. The summed E-state index contributed by atoms with van der Waals surface area (Å²) in [7, 11) is 0. The molecule has 0 fully saturated rings. The highest BCUT2D eigenvalue weighted by atomic mass is 19.4. The van der Waals surface area contributed by atoms with Crippen LogP contribution in [-0.4, -0.2) is 32.9 Å². The molecule has 0 saturated carbocycles. The maximum absolute atomic E-state index is 12.0. The molecular formula is C11H11F3N4O. The van der Waals surface area contributed by atoms with E-state index in [2.05, 4.69) is 15.1 Å². The van der Waals surface area contributed by atoms with Crippen LogP contribution in [0.15, 0.2) is 18.5 Å². The molecule has 19 heavy (non-hydrogen) atoms. The predicted octanol–water partition coefficient (Wildman–Crippen LogP) is 2.51. The average molecular weight is 273 g/mol. The molecule has 0 atom stereocenters. The van der Waals surface area contributed by atoms with E-state index >= 15 is 0 Å². The fraction of sp³-hybridized carbons (Fsp3) is 0.364. The minimum absolute atomic E-state index is 0.123. The van der Waals surface area contributed by atoms with Crippen LogP contribution in [0.5, 0.6) is 6.01 Å². The van der Waals surface area contributed by atoms with E-state index in [9.17, 15) is 13.2 Å². The van der Waals surface area contributed by atoms with E-state index in [4.69, 9.17) is 6.15 Å². The van der Waals surface area contributed by atoms with Crippen LogP contribution < -0.4 is 4.74 Å². The molecule has 0 saturated heterocycles. The highest BCUT2D eigenvalue weighted by molar-refractivity contribution is 5.57. The SMILES string of the molecule is [2H]n1cc(-c2cc(C)nc(OCCC(F)(F)F)n2)cn1. The summed E-state index contributed by atoms with van der Waals surface area (Å²) in [6, 6.07) is 1.51. The minimum atomic E-state index is -4.28. The summed E-state index contributed by atoms with van der Waals surface area (Å²) < 4.78 is 48.3. The van der Waals surface area contributed by atoms with Gasteiger partial charge in [0.25, 0.3) is 0 Å². The lowest BCUT2D eigenvalue weighted by Crippen LogP contribution is -2.14. The Kier molecular flexibility index (Phi) is 3.30. The Balaban J connectivity index is 2.13. The van der Waals surface area contributed by atoms with Crippen LogP contribution in [0, 0.1) is 6.92 Å². The number of nitrogens with zero attached hydrogens (tertiary/aromatic N) is 3. The zero-order chi connectivity index (χ0) is 14.8. The second-order valence-electron chi connectivity index (χ2n) is 3.84. The van der Waals surface area contributed by atoms with Gasteiger partial charge in [0.2, 0.25) is 0 Å². The quantitative estimate of drug-likeness (QED) is 0.929. The third-order valence-corrected chi connectivity index (χ3v) is 2.21. The summed E-state index contributed by atoms with van der Waals surface area (Å²) in [5.74, 6) is 0. The van der Waals surface area contributed by atoms with Gasteiger partial charge in [-0.2, -0.15) is 23.3 Å². The molecule has 2 aromatic heterocycles. The van der Waals surface area contributed by atoms with Gasteiger partial charge in [0.05, 0.1) is 18.3 Å². The van der Waals surface area contributed by atoms with Gasteiger partial charge in [-0.15, -0.1) is 0 Å². The number of halogens is 3. The van der Waals surface area contributed by atoms with Gasteiger partial charge < -0.3 is 4.74 Å². The fourth-order valence-corrected chi connectivity index (χ4v) is 1.37. The van der Waals surface area contributed by atoms with E-state index in [1.54, 1.807) is 13.0 Å². The predicted molar refractivity (Wildman–Crippen MR) is 60.5 cm³/mol. The number of aromatic amines is 1. The van der Waals surface area contributed by atoms with Crippen molar-refractivity contribution in [2.75, 3.05) is 6.61 Å². The van der Waals surface area contributed by atoms with Gasteiger partial charge in [0.15, 0.2) is 1.41 Å². The number of ether oxygens (including phenoxy) is 1. The zero-order valence-electron chi connectivity index (χ0n) is 11.0. The van der Waals surface area contributed by atoms with E-state index in [1.165, 1.54) is 12.4 Å². The average Bonchev–Trinajstić information content (AvgIpc) is 2.73. The van der Waals surface area contributed by atoms with E-state index in [0.29, 0.717) is 17.0 Å². The van der Waals surface area contributed by atoms with Crippen molar-refractivity contribution < 1.29 is 19.3 Å². The van der Waals surface area contributed by atoms with Crippen molar-refractivity contribution >= 4 is 0 Å². The Morgan fingerprint density at radius 2 is 2.21 bits per heavy atom. The van der Waals surface area contributed by atoms with Gasteiger partial charge in [-0.1, -0.05) is 0 Å². The third-order valence-electron chi connectivity index (χ3n) is 2.21. The molecule has 0 spiro atoms. The number of rotatable bonds is 4. The molecule has 1 N–H and O–H groups in total.